The molecular formula is C24H16Cl2N2O3. The average Bonchev–Trinajstić information content (AvgIpc) is 2.77. The number of hydrogen-bond acceptors (Lipinski definition) is 4. The van der Waals surface area contributed by atoms with E-state index >= 15 is 0 Å². The summed E-state index contributed by atoms with van der Waals surface area (Å²) < 4.78 is 5.28. The van der Waals surface area contributed by atoms with E-state index in [-0.39, 0.29) is 0 Å². The van der Waals surface area contributed by atoms with Gasteiger partial charge in [0, 0.05) is 21.7 Å². The van der Waals surface area contributed by atoms with Gasteiger partial charge < -0.3 is 10.1 Å². The van der Waals surface area contributed by atoms with Crippen LogP contribution in [0, 0.1) is 0 Å². The first-order valence-corrected chi connectivity index (χ1v) is 10.1. The fourth-order valence-corrected chi connectivity index (χ4v) is 3.61. The molecule has 31 heavy (non-hydrogen) atoms. The molecule has 154 valence electrons. The van der Waals surface area contributed by atoms with Crippen LogP contribution in [-0.2, 0) is 9.53 Å². The number of hydrogen-bond donors (Lipinski definition) is 1. The Hall–Kier alpha value is -3.41. The molecule has 0 radical (unpaired) electrons. The quantitative estimate of drug-likeness (QED) is 0.378. The fourth-order valence-electron chi connectivity index (χ4n) is 3.11. The molecule has 0 spiro atoms. The van der Waals surface area contributed by atoms with Crippen molar-refractivity contribution >= 4 is 51.7 Å². The molecule has 5 nitrogen and oxygen atoms in total. The number of carbonyl (C=O) groups excluding carboxylic acids is 2. The van der Waals surface area contributed by atoms with Gasteiger partial charge in [-0.3, -0.25) is 4.79 Å². The molecule has 0 bridgehead atoms. The van der Waals surface area contributed by atoms with E-state index in [0.29, 0.717) is 43.5 Å². The van der Waals surface area contributed by atoms with Crippen molar-refractivity contribution in [3.8, 4) is 11.3 Å². The van der Waals surface area contributed by atoms with Crippen molar-refractivity contribution in [2.24, 2.45) is 0 Å². The second-order valence-corrected chi connectivity index (χ2v) is 7.53. The van der Waals surface area contributed by atoms with Crippen LogP contribution in [0.1, 0.15) is 10.4 Å². The lowest BCUT2D eigenvalue weighted by Crippen LogP contribution is -2.21. The van der Waals surface area contributed by atoms with E-state index in [1.54, 1.807) is 66.7 Å². The minimum absolute atomic E-state index is 0.291. The molecule has 1 N–H and O–H groups in total. The minimum Gasteiger partial charge on any atom is -0.452 e. The molecule has 0 fully saturated rings. The molecule has 0 aliphatic heterocycles. The number of aromatic nitrogens is 1. The average molecular weight is 451 g/mol. The SMILES string of the molecule is O=C(COC(=O)c1cc(-c2ccc(Cl)cc2Cl)nc2ccccc12)Nc1ccccc1. The number of anilines is 1. The Kier molecular flexibility index (Phi) is 6.16. The molecule has 4 aromatic rings. The number of fused-ring (bicyclic) bond motifs is 1. The number of carbonyl (C=O) groups is 2. The van der Waals surface area contributed by atoms with Crippen LogP contribution < -0.4 is 5.32 Å². The number of halogens is 2. The maximum atomic E-state index is 12.9. The normalized spacial score (nSPS) is 10.6. The number of para-hydroxylation sites is 2. The summed E-state index contributed by atoms with van der Waals surface area (Å²) in [6.45, 7) is -0.415. The zero-order valence-electron chi connectivity index (χ0n) is 16.1. The summed E-state index contributed by atoms with van der Waals surface area (Å²) in [6.07, 6.45) is 0. The molecule has 4 rings (SSSR count). The van der Waals surface area contributed by atoms with Crippen LogP contribution in [0.2, 0.25) is 10.0 Å². The summed E-state index contributed by atoms with van der Waals surface area (Å²) >= 11 is 12.3. The van der Waals surface area contributed by atoms with E-state index in [2.05, 4.69) is 10.3 Å². The molecule has 1 amide bonds. The monoisotopic (exact) mass is 450 g/mol. The van der Waals surface area contributed by atoms with Gasteiger partial charge >= 0.3 is 5.97 Å². The lowest BCUT2D eigenvalue weighted by molar-refractivity contribution is -0.119. The third kappa shape index (κ3) is 4.85. The van der Waals surface area contributed by atoms with Crippen molar-refractivity contribution in [1.29, 1.82) is 0 Å². The van der Waals surface area contributed by atoms with E-state index in [4.69, 9.17) is 27.9 Å². The lowest BCUT2D eigenvalue weighted by atomic mass is 10.0. The van der Waals surface area contributed by atoms with Crippen molar-refractivity contribution in [2.75, 3.05) is 11.9 Å². The van der Waals surface area contributed by atoms with Crippen LogP contribution in [0.25, 0.3) is 22.2 Å². The van der Waals surface area contributed by atoms with Crippen molar-refractivity contribution in [3.05, 3.63) is 94.5 Å². The third-order valence-corrected chi connectivity index (χ3v) is 5.08. The maximum absolute atomic E-state index is 12.9. The van der Waals surface area contributed by atoms with Crippen molar-refractivity contribution in [2.45, 2.75) is 0 Å². The largest absolute Gasteiger partial charge is 0.452 e. The number of pyridine rings is 1. The smallest absolute Gasteiger partial charge is 0.339 e. The molecular weight excluding hydrogens is 435 g/mol. The predicted molar refractivity (Wildman–Crippen MR) is 123 cm³/mol. The zero-order valence-corrected chi connectivity index (χ0v) is 17.7. The van der Waals surface area contributed by atoms with Crippen LogP contribution >= 0.6 is 23.2 Å². The molecule has 0 atom stereocenters. The molecule has 7 heteroatoms. The molecule has 0 aliphatic carbocycles. The molecule has 0 saturated heterocycles. The van der Waals surface area contributed by atoms with Crippen molar-refractivity contribution in [1.82, 2.24) is 4.98 Å². The number of nitrogens with one attached hydrogen (secondary N) is 1. The molecule has 1 aromatic heterocycles. The van der Waals surface area contributed by atoms with Gasteiger partial charge in [-0.05, 0) is 42.5 Å². The van der Waals surface area contributed by atoms with Gasteiger partial charge in [0.25, 0.3) is 5.91 Å². The van der Waals surface area contributed by atoms with Crippen LogP contribution in [0.5, 0.6) is 0 Å². The van der Waals surface area contributed by atoms with Crippen LogP contribution in [0.15, 0.2) is 78.9 Å². The highest BCUT2D eigenvalue weighted by atomic mass is 35.5. The first-order valence-electron chi connectivity index (χ1n) is 9.38. The number of nitrogens with zero attached hydrogens (tertiary/aromatic N) is 1. The number of esters is 1. The van der Waals surface area contributed by atoms with Crippen LogP contribution in [0.4, 0.5) is 5.69 Å². The Morgan fingerprint density at radius 2 is 1.65 bits per heavy atom. The Morgan fingerprint density at radius 1 is 0.903 bits per heavy atom. The first-order chi connectivity index (χ1) is 15.0. The van der Waals surface area contributed by atoms with Gasteiger partial charge in [0.2, 0.25) is 0 Å². The summed E-state index contributed by atoms with van der Waals surface area (Å²) in [6, 6.07) is 22.8. The van der Waals surface area contributed by atoms with Gasteiger partial charge in [-0.1, -0.05) is 59.6 Å². The van der Waals surface area contributed by atoms with Gasteiger partial charge in [0.15, 0.2) is 6.61 Å². The number of amides is 1. The standard InChI is InChI=1S/C24H16Cl2N2O3/c25-15-10-11-18(20(26)12-15)22-13-19(17-8-4-5-9-21(17)28-22)24(30)31-14-23(29)27-16-6-2-1-3-7-16/h1-13H,14H2,(H,27,29). The summed E-state index contributed by atoms with van der Waals surface area (Å²) in [5, 5.41) is 4.21. The summed E-state index contributed by atoms with van der Waals surface area (Å²) in [4.78, 5) is 29.6. The molecule has 0 aliphatic rings. The Balaban J connectivity index is 1.61. The third-order valence-electron chi connectivity index (χ3n) is 4.54. The summed E-state index contributed by atoms with van der Waals surface area (Å²) in [7, 11) is 0. The number of rotatable bonds is 5. The van der Waals surface area contributed by atoms with Gasteiger partial charge in [0.1, 0.15) is 0 Å². The van der Waals surface area contributed by atoms with E-state index in [1.165, 1.54) is 0 Å². The van der Waals surface area contributed by atoms with Crippen molar-refractivity contribution < 1.29 is 14.3 Å². The van der Waals surface area contributed by atoms with E-state index in [0.717, 1.165) is 0 Å². The minimum atomic E-state index is -0.631. The highest BCUT2D eigenvalue weighted by molar-refractivity contribution is 6.36. The molecule has 1 heterocycles. The van der Waals surface area contributed by atoms with Gasteiger partial charge in [0.05, 0.1) is 21.8 Å². The molecule has 3 aromatic carbocycles. The topological polar surface area (TPSA) is 68.3 Å². The Bertz CT molecular complexity index is 1280. The maximum Gasteiger partial charge on any atom is 0.339 e. The lowest BCUT2D eigenvalue weighted by Gasteiger charge is -2.11. The van der Waals surface area contributed by atoms with Gasteiger partial charge in [-0.25, -0.2) is 9.78 Å². The van der Waals surface area contributed by atoms with E-state index in [9.17, 15) is 9.59 Å². The first kappa shape index (κ1) is 20.8. The predicted octanol–water partition coefficient (Wildman–Crippen LogP) is 6.00. The van der Waals surface area contributed by atoms with E-state index in [1.807, 2.05) is 12.1 Å². The van der Waals surface area contributed by atoms with Gasteiger partial charge in [-0.15, -0.1) is 0 Å². The Labute approximate surface area is 188 Å². The number of ether oxygens (including phenoxy) is 1. The second kappa shape index (κ2) is 9.16. The van der Waals surface area contributed by atoms with Crippen LogP contribution in [-0.4, -0.2) is 23.5 Å². The number of benzene rings is 3. The van der Waals surface area contributed by atoms with Gasteiger partial charge in [-0.2, -0.15) is 0 Å². The zero-order chi connectivity index (χ0) is 21.8. The second-order valence-electron chi connectivity index (χ2n) is 6.69. The highest BCUT2D eigenvalue weighted by Crippen LogP contribution is 2.32. The Morgan fingerprint density at radius 3 is 2.42 bits per heavy atom. The highest BCUT2D eigenvalue weighted by Gasteiger charge is 2.17. The van der Waals surface area contributed by atoms with Crippen LogP contribution in [0.3, 0.4) is 0 Å². The van der Waals surface area contributed by atoms with E-state index < -0.39 is 18.5 Å². The molecule has 0 saturated carbocycles. The molecule has 0 unspecified atom stereocenters. The summed E-state index contributed by atoms with van der Waals surface area (Å²) in [5.74, 6) is -1.06. The summed E-state index contributed by atoms with van der Waals surface area (Å²) in [5.41, 5.74) is 2.65. The fraction of sp³-hybridized carbons (Fsp3) is 0.0417. The van der Waals surface area contributed by atoms with Crippen molar-refractivity contribution in [3.63, 3.8) is 0 Å².